The SMILES string of the molecule is Cn1c2c(-c3ccc4c(c3)[P+](c3ccccc3)=C3CC=CC=C34)cccc2c2c3ccccc3c3ccccc3c21. The van der Waals surface area contributed by atoms with Crippen LogP contribution in [0, 0.1) is 0 Å². The molecule has 1 unspecified atom stereocenters. The number of rotatable bonds is 2. The summed E-state index contributed by atoms with van der Waals surface area (Å²) in [7, 11) is 1.70. The van der Waals surface area contributed by atoms with Gasteiger partial charge in [-0.3, -0.25) is 0 Å². The summed E-state index contributed by atoms with van der Waals surface area (Å²) in [5, 5.41) is 12.5. The highest BCUT2D eigenvalue weighted by molar-refractivity contribution is 7.75. The average Bonchev–Trinajstić information content (AvgIpc) is 3.53. The summed E-state index contributed by atoms with van der Waals surface area (Å²) in [6.07, 6.45) is 7.90. The van der Waals surface area contributed by atoms with Gasteiger partial charge in [0.2, 0.25) is 0 Å². The molecule has 6 aromatic carbocycles. The first kappa shape index (κ1) is 23.0. The molecule has 1 nitrogen and oxygen atoms in total. The van der Waals surface area contributed by atoms with Crippen LogP contribution in [0.4, 0.5) is 0 Å². The predicted octanol–water partition coefficient (Wildman–Crippen LogP) is 9.27. The van der Waals surface area contributed by atoms with Crippen molar-refractivity contribution in [1.82, 2.24) is 4.57 Å². The summed E-state index contributed by atoms with van der Waals surface area (Å²) < 4.78 is 2.45. The molecule has 0 bridgehead atoms. The molecule has 0 radical (unpaired) electrons. The number of nitrogens with zero attached hydrogens (tertiary/aromatic N) is 1. The molecule has 0 saturated carbocycles. The minimum absolute atomic E-state index is 0.547. The Bertz CT molecular complexity index is 2330. The van der Waals surface area contributed by atoms with E-state index in [-0.39, 0.29) is 0 Å². The molecule has 41 heavy (non-hydrogen) atoms. The summed E-state index contributed by atoms with van der Waals surface area (Å²) in [5.41, 5.74) is 8.05. The maximum Gasteiger partial charge on any atom is 0.175 e. The molecule has 1 aromatic heterocycles. The number of aromatic nitrogens is 1. The molecule has 2 heteroatoms. The normalized spacial score (nSPS) is 15.2. The van der Waals surface area contributed by atoms with Gasteiger partial charge in [-0.05, 0) is 46.0 Å². The van der Waals surface area contributed by atoms with Crippen molar-refractivity contribution in [2.75, 3.05) is 0 Å². The molecular weight excluding hydrogens is 513 g/mol. The molecule has 0 N–H and O–H groups in total. The topological polar surface area (TPSA) is 4.93 Å². The zero-order valence-corrected chi connectivity index (χ0v) is 23.7. The van der Waals surface area contributed by atoms with Crippen molar-refractivity contribution >= 4 is 72.4 Å². The number of fused-ring (bicyclic) bond motifs is 11. The van der Waals surface area contributed by atoms with Crippen LogP contribution in [0.5, 0.6) is 0 Å². The predicted molar refractivity (Wildman–Crippen MR) is 180 cm³/mol. The van der Waals surface area contributed by atoms with Gasteiger partial charge in [-0.15, -0.1) is 0 Å². The minimum Gasteiger partial charge on any atom is -0.343 e. The molecule has 0 spiro atoms. The molecule has 7 aromatic rings. The molecular formula is C39H27NP+. The van der Waals surface area contributed by atoms with E-state index in [9.17, 15) is 0 Å². The second kappa shape index (κ2) is 8.64. The van der Waals surface area contributed by atoms with Crippen LogP contribution in [0.15, 0.2) is 133 Å². The molecule has 2 heterocycles. The molecule has 2 aliphatic rings. The van der Waals surface area contributed by atoms with E-state index in [4.69, 9.17) is 0 Å². The van der Waals surface area contributed by atoms with Gasteiger partial charge in [0.1, 0.15) is 5.29 Å². The van der Waals surface area contributed by atoms with Crippen molar-refractivity contribution in [3.8, 4) is 11.1 Å². The summed E-state index contributed by atoms with van der Waals surface area (Å²) in [6, 6.07) is 43.0. The van der Waals surface area contributed by atoms with Crippen molar-refractivity contribution in [2.45, 2.75) is 6.42 Å². The quantitative estimate of drug-likeness (QED) is 0.152. The third kappa shape index (κ3) is 3.16. The van der Waals surface area contributed by atoms with Crippen LogP contribution in [-0.2, 0) is 7.05 Å². The van der Waals surface area contributed by atoms with E-state index in [0.29, 0.717) is 0 Å². The van der Waals surface area contributed by atoms with Gasteiger partial charge in [0.05, 0.1) is 11.0 Å². The summed E-state index contributed by atoms with van der Waals surface area (Å²) in [6.45, 7) is 0. The lowest BCUT2D eigenvalue weighted by Gasteiger charge is -2.09. The Kier molecular flexibility index (Phi) is 4.86. The van der Waals surface area contributed by atoms with Gasteiger partial charge in [0.25, 0.3) is 0 Å². The smallest absolute Gasteiger partial charge is 0.175 e. The molecule has 0 saturated heterocycles. The zero-order valence-electron chi connectivity index (χ0n) is 22.8. The van der Waals surface area contributed by atoms with E-state index in [1.54, 1.807) is 5.29 Å². The van der Waals surface area contributed by atoms with Crippen LogP contribution >= 0.6 is 7.55 Å². The van der Waals surface area contributed by atoms with Crippen LogP contribution in [0.1, 0.15) is 12.0 Å². The fraction of sp³-hybridized carbons (Fsp3) is 0.0513. The van der Waals surface area contributed by atoms with Crippen LogP contribution in [0.25, 0.3) is 60.1 Å². The Morgan fingerprint density at radius 3 is 2.15 bits per heavy atom. The van der Waals surface area contributed by atoms with Gasteiger partial charge in [-0.25, -0.2) is 0 Å². The zero-order chi connectivity index (χ0) is 27.1. The van der Waals surface area contributed by atoms with E-state index in [0.717, 1.165) is 6.42 Å². The van der Waals surface area contributed by atoms with Crippen molar-refractivity contribution < 1.29 is 0 Å². The van der Waals surface area contributed by atoms with E-state index in [2.05, 4.69) is 145 Å². The fourth-order valence-corrected chi connectivity index (χ4v) is 10.1. The molecule has 0 fully saturated rings. The molecule has 1 atom stereocenters. The molecule has 1 aliphatic carbocycles. The first-order chi connectivity index (χ1) is 20.3. The highest BCUT2D eigenvalue weighted by Crippen LogP contribution is 2.46. The minimum atomic E-state index is -0.547. The Labute approximate surface area is 240 Å². The summed E-state index contributed by atoms with van der Waals surface area (Å²) in [5.74, 6) is 0. The Morgan fingerprint density at radius 2 is 1.32 bits per heavy atom. The van der Waals surface area contributed by atoms with Crippen molar-refractivity contribution in [2.24, 2.45) is 7.05 Å². The average molecular weight is 541 g/mol. The second-order valence-corrected chi connectivity index (χ2v) is 13.3. The first-order valence-corrected chi connectivity index (χ1v) is 15.7. The lowest BCUT2D eigenvalue weighted by molar-refractivity contribution is 1.02. The van der Waals surface area contributed by atoms with Gasteiger partial charge < -0.3 is 4.57 Å². The highest BCUT2D eigenvalue weighted by Gasteiger charge is 2.38. The van der Waals surface area contributed by atoms with Crippen LogP contribution < -0.4 is 10.6 Å². The Hall–Kier alpha value is -4.71. The lowest BCUT2D eigenvalue weighted by Crippen LogP contribution is -2.08. The summed E-state index contributed by atoms with van der Waals surface area (Å²) in [4.78, 5) is 0. The number of allylic oxidation sites excluding steroid dienone is 4. The van der Waals surface area contributed by atoms with Crippen LogP contribution in [0.2, 0.25) is 0 Å². The number of benzene rings is 6. The molecule has 192 valence electrons. The van der Waals surface area contributed by atoms with Gasteiger partial charge in [-0.2, -0.15) is 0 Å². The van der Waals surface area contributed by atoms with Gasteiger partial charge in [-0.1, -0.05) is 109 Å². The van der Waals surface area contributed by atoms with E-state index in [1.165, 1.54) is 76.2 Å². The monoisotopic (exact) mass is 540 g/mol. The maximum atomic E-state index is 2.50. The lowest BCUT2D eigenvalue weighted by atomic mass is 9.94. The third-order valence-electron chi connectivity index (χ3n) is 9.03. The molecule has 1 aliphatic heterocycles. The van der Waals surface area contributed by atoms with Gasteiger partial charge in [0.15, 0.2) is 18.2 Å². The maximum absolute atomic E-state index is 2.50. The van der Waals surface area contributed by atoms with E-state index >= 15 is 0 Å². The molecule has 9 rings (SSSR count). The van der Waals surface area contributed by atoms with Gasteiger partial charge >= 0.3 is 0 Å². The van der Waals surface area contributed by atoms with Crippen molar-refractivity contribution in [3.63, 3.8) is 0 Å². The fourth-order valence-electron chi connectivity index (χ4n) is 7.33. The van der Waals surface area contributed by atoms with E-state index < -0.39 is 7.55 Å². The largest absolute Gasteiger partial charge is 0.343 e. The highest BCUT2D eigenvalue weighted by atomic mass is 31.1. The third-order valence-corrected chi connectivity index (χ3v) is 11.7. The van der Waals surface area contributed by atoms with Crippen LogP contribution in [0.3, 0.4) is 0 Å². The number of hydrogen-bond donors (Lipinski definition) is 0. The van der Waals surface area contributed by atoms with Crippen molar-refractivity contribution in [3.05, 3.63) is 139 Å². The first-order valence-electron chi connectivity index (χ1n) is 14.3. The van der Waals surface area contributed by atoms with Gasteiger partial charge in [0, 0.05) is 46.3 Å². The second-order valence-electron chi connectivity index (χ2n) is 11.1. The Morgan fingerprint density at radius 1 is 0.610 bits per heavy atom. The van der Waals surface area contributed by atoms with Crippen LogP contribution in [-0.4, -0.2) is 9.86 Å². The Balaban J connectivity index is 1.36. The number of hydrogen-bond acceptors (Lipinski definition) is 0. The van der Waals surface area contributed by atoms with Crippen molar-refractivity contribution in [1.29, 1.82) is 0 Å². The van der Waals surface area contributed by atoms with E-state index in [1.807, 2.05) is 0 Å². The summed E-state index contributed by atoms with van der Waals surface area (Å²) >= 11 is 0. The molecule has 0 amide bonds. The number of aryl methyl sites for hydroxylation is 1. The number of para-hydroxylation sites is 1. The standard InChI is InChI=1S/C39H27NP/c1-40-38-27(19-11-20-34(38)37-32-17-7-5-14-28(32)29-15-6-8-18-33(29)39(37)40)25-22-23-31-30-16-9-10-21-35(30)41(36(31)24-25)26-12-3-2-4-13-26/h2-20,22-24H,21H2,1H3/q+1.